The third-order valence-electron chi connectivity index (χ3n) is 2.37. The Labute approximate surface area is 117 Å². The molecule has 0 aliphatic carbocycles. The van der Waals surface area contributed by atoms with Crippen LogP contribution in [0.3, 0.4) is 0 Å². The summed E-state index contributed by atoms with van der Waals surface area (Å²) in [6.07, 6.45) is 5.36. The molecule has 104 valence electrons. The quantitative estimate of drug-likeness (QED) is 0.470. The first-order chi connectivity index (χ1) is 9.19. The van der Waals surface area contributed by atoms with Gasteiger partial charge in [-0.3, -0.25) is 4.79 Å². The molecule has 0 saturated heterocycles. The highest BCUT2D eigenvalue weighted by atomic mass is 32.2. The van der Waals surface area contributed by atoms with Gasteiger partial charge in [-0.05, 0) is 24.8 Å². The lowest BCUT2D eigenvalue weighted by molar-refractivity contribution is -0.124. The molecule has 1 aromatic rings. The van der Waals surface area contributed by atoms with E-state index in [0.29, 0.717) is 17.1 Å². The van der Waals surface area contributed by atoms with Crippen molar-refractivity contribution in [1.29, 1.82) is 0 Å². The summed E-state index contributed by atoms with van der Waals surface area (Å²) in [5.41, 5.74) is 0.386. The van der Waals surface area contributed by atoms with E-state index in [2.05, 4.69) is 10.3 Å². The van der Waals surface area contributed by atoms with Crippen LogP contribution < -0.4 is 5.32 Å². The van der Waals surface area contributed by atoms with Crippen molar-refractivity contribution >= 4 is 23.6 Å². The number of amides is 1. The Morgan fingerprint density at radius 1 is 1.47 bits per heavy atom. The largest absolute Gasteiger partial charge is 0.452 e. The van der Waals surface area contributed by atoms with Crippen LogP contribution in [0.5, 0.6) is 0 Å². The summed E-state index contributed by atoms with van der Waals surface area (Å²) in [7, 11) is 0. The van der Waals surface area contributed by atoms with Crippen molar-refractivity contribution in [2.24, 2.45) is 0 Å². The number of carbonyl (C=O) groups is 2. The highest BCUT2D eigenvalue weighted by molar-refractivity contribution is 7.98. The standard InChI is InChI=1S/C13H18N2O3S/c1-3-4-7-14-11(16)9-18-13(17)10-6-5-8-15-12(10)19-2/h5-6,8H,3-4,7,9H2,1-2H3,(H,14,16). The van der Waals surface area contributed by atoms with Gasteiger partial charge in [0.2, 0.25) is 0 Å². The highest BCUT2D eigenvalue weighted by Gasteiger charge is 2.14. The van der Waals surface area contributed by atoms with Crippen molar-refractivity contribution in [2.45, 2.75) is 24.8 Å². The molecule has 0 spiro atoms. The van der Waals surface area contributed by atoms with E-state index in [1.54, 1.807) is 18.3 Å². The van der Waals surface area contributed by atoms with E-state index in [1.807, 2.05) is 13.2 Å². The third kappa shape index (κ3) is 5.30. The van der Waals surface area contributed by atoms with Gasteiger partial charge in [-0.25, -0.2) is 9.78 Å². The summed E-state index contributed by atoms with van der Waals surface area (Å²) in [4.78, 5) is 27.3. The minimum Gasteiger partial charge on any atom is -0.452 e. The van der Waals surface area contributed by atoms with Crippen LogP contribution in [-0.2, 0) is 9.53 Å². The van der Waals surface area contributed by atoms with Gasteiger partial charge in [0.25, 0.3) is 5.91 Å². The molecular formula is C13H18N2O3S. The predicted molar refractivity (Wildman–Crippen MR) is 74.2 cm³/mol. The van der Waals surface area contributed by atoms with E-state index in [1.165, 1.54) is 11.8 Å². The molecule has 0 fully saturated rings. The predicted octanol–water partition coefficient (Wildman–Crippen LogP) is 1.88. The van der Waals surface area contributed by atoms with Gasteiger partial charge in [0.15, 0.2) is 6.61 Å². The average molecular weight is 282 g/mol. The Hall–Kier alpha value is -1.56. The second-order valence-electron chi connectivity index (χ2n) is 3.84. The SMILES string of the molecule is CCCCNC(=O)COC(=O)c1cccnc1SC. The van der Waals surface area contributed by atoms with Crippen LogP contribution in [0.2, 0.25) is 0 Å². The van der Waals surface area contributed by atoms with Gasteiger partial charge in [0.1, 0.15) is 5.03 Å². The van der Waals surface area contributed by atoms with Crippen LogP contribution >= 0.6 is 11.8 Å². The van der Waals surface area contributed by atoms with Gasteiger partial charge in [-0.2, -0.15) is 0 Å². The zero-order valence-corrected chi connectivity index (χ0v) is 12.0. The second kappa shape index (κ2) is 8.53. The molecule has 0 aromatic carbocycles. The molecule has 0 aliphatic rings. The van der Waals surface area contributed by atoms with Crippen molar-refractivity contribution in [3.63, 3.8) is 0 Å². The molecule has 19 heavy (non-hydrogen) atoms. The number of ether oxygens (including phenoxy) is 1. The first-order valence-electron chi connectivity index (χ1n) is 6.11. The fourth-order valence-electron chi connectivity index (χ4n) is 1.37. The maximum absolute atomic E-state index is 11.8. The summed E-state index contributed by atoms with van der Waals surface area (Å²) in [5.74, 6) is -0.806. The van der Waals surface area contributed by atoms with E-state index in [9.17, 15) is 9.59 Å². The molecule has 0 atom stereocenters. The van der Waals surface area contributed by atoms with Gasteiger partial charge in [0, 0.05) is 12.7 Å². The Bertz CT molecular complexity index is 438. The number of nitrogens with zero attached hydrogens (tertiary/aromatic N) is 1. The molecule has 0 bridgehead atoms. The van der Waals surface area contributed by atoms with Gasteiger partial charge >= 0.3 is 5.97 Å². The van der Waals surface area contributed by atoms with Crippen LogP contribution in [0.4, 0.5) is 0 Å². The number of nitrogens with one attached hydrogen (secondary N) is 1. The van der Waals surface area contributed by atoms with E-state index >= 15 is 0 Å². The Kier molecular flexibility index (Phi) is 6.95. The molecule has 0 aliphatic heterocycles. The summed E-state index contributed by atoms with van der Waals surface area (Å²) in [6, 6.07) is 3.30. The maximum atomic E-state index is 11.8. The number of esters is 1. The van der Waals surface area contributed by atoms with E-state index in [-0.39, 0.29) is 12.5 Å². The van der Waals surface area contributed by atoms with E-state index in [4.69, 9.17) is 4.74 Å². The molecule has 1 N–H and O–H groups in total. The molecule has 0 unspecified atom stereocenters. The highest BCUT2D eigenvalue weighted by Crippen LogP contribution is 2.17. The number of thioether (sulfide) groups is 1. The Balaban J connectivity index is 2.44. The topological polar surface area (TPSA) is 68.3 Å². The minimum atomic E-state index is -0.525. The fraction of sp³-hybridized carbons (Fsp3) is 0.462. The number of aromatic nitrogens is 1. The lowest BCUT2D eigenvalue weighted by Gasteiger charge is -2.07. The molecule has 1 amide bonds. The smallest absolute Gasteiger partial charge is 0.341 e. The van der Waals surface area contributed by atoms with Crippen LogP contribution in [0.25, 0.3) is 0 Å². The van der Waals surface area contributed by atoms with Crippen LogP contribution in [0.15, 0.2) is 23.4 Å². The fourth-order valence-corrected chi connectivity index (χ4v) is 1.91. The van der Waals surface area contributed by atoms with Crippen molar-refractivity contribution in [3.05, 3.63) is 23.9 Å². The minimum absolute atomic E-state index is 0.259. The lowest BCUT2D eigenvalue weighted by atomic mass is 10.3. The lowest BCUT2D eigenvalue weighted by Crippen LogP contribution is -2.29. The first kappa shape index (κ1) is 15.5. The van der Waals surface area contributed by atoms with E-state index < -0.39 is 5.97 Å². The summed E-state index contributed by atoms with van der Waals surface area (Å²) < 4.78 is 4.96. The normalized spacial score (nSPS) is 10.0. The monoisotopic (exact) mass is 282 g/mol. The molecule has 1 aromatic heterocycles. The number of rotatable bonds is 7. The number of carbonyl (C=O) groups excluding carboxylic acids is 2. The Morgan fingerprint density at radius 2 is 2.26 bits per heavy atom. The van der Waals surface area contributed by atoms with Gasteiger partial charge < -0.3 is 10.1 Å². The number of hydrogen-bond donors (Lipinski definition) is 1. The van der Waals surface area contributed by atoms with Gasteiger partial charge in [-0.15, -0.1) is 11.8 Å². The molecule has 0 saturated carbocycles. The average Bonchev–Trinajstić information content (AvgIpc) is 2.45. The molecule has 6 heteroatoms. The first-order valence-corrected chi connectivity index (χ1v) is 7.34. The molecule has 1 rings (SSSR count). The molecule has 5 nitrogen and oxygen atoms in total. The van der Waals surface area contributed by atoms with Crippen molar-refractivity contribution in [2.75, 3.05) is 19.4 Å². The van der Waals surface area contributed by atoms with Crippen LogP contribution in [-0.4, -0.2) is 36.3 Å². The second-order valence-corrected chi connectivity index (χ2v) is 4.63. The van der Waals surface area contributed by atoms with Crippen molar-refractivity contribution < 1.29 is 14.3 Å². The van der Waals surface area contributed by atoms with Crippen molar-refractivity contribution in [3.8, 4) is 0 Å². The van der Waals surface area contributed by atoms with Crippen LogP contribution in [0, 0.1) is 0 Å². The third-order valence-corrected chi connectivity index (χ3v) is 3.08. The summed E-state index contributed by atoms with van der Waals surface area (Å²) in [5, 5.41) is 3.28. The molecular weight excluding hydrogens is 264 g/mol. The van der Waals surface area contributed by atoms with Crippen LogP contribution in [0.1, 0.15) is 30.1 Å². The Morgan fingerprint density at radius 3 is 2.95 bits per heavy atom. The molecule has 0 radical (unpaired) electrons. The summed E-state index contributed by atoms with van der Waals surface area (Å²) in [6.45, 7) is 2.39. The maximum Gasteiger partial charge on any atom is 0.341 e. The van der Waals surface area contributed by atoms with Gasteiger partial charge in [0.05, 0.1) is 5.56 Å². The van der Waals surface area contributed by atoms with Gasteiger partial charge in [-0.1, -0.05) is 13.3 Å². The number of pyridine rings is 1. The zero-order valence-electron chi connectivity index (χ0n) is 11.1. The number of unbranched alkanes of at least 4 members (excludes halogenated alkanes) is 1. The zero-order chi connectivity index (χ0) is 14.1. The summed E-state index contributed by atoms with van der Waals surface area (Å²) >= 11 is 1.36. The molecule has 1 heterocycles. The van der Waals surface area contributed by atoms with E-state index in [0.717, 1.165) is 12.8 Å². The number of hydrogen-bond acceptors (Lipinski definition) is 5. The van der Waals surface area contributed by atoms with Crippen molar-refractivity contribution in [1.82, 2.24) is 10.3 Å².